The van der Waals surface area contributed by atoms with E-state index in [9.17, 15) is 13.5 Å². The summed E-state index contributed by atoms with van der Waals surface area (Å²) in [5.74, 6) is 0.139. The van der Waals surface area contributed by atoms with E-state index >= 15 is 0 Å². The van der Waals surface area contributed by atoms with Crippen LogP contribution in [0.4, 0.5) is 0 Å². The number of aliphatic hydroxyl groups excluding tert-OH is 1. The van der Waals surface area contributed by atoms with Gasteiger partial charge in [0.1, 0.15) is 21.8 Å². The zero-order valence-corrected chi connectivity index (χ0v) is 15.1. The lowest BCUT2D eigenvalue weighted by atomic mass is 10.1. The Labute approximate surface area is 145 Å². The number of nitrogens with zero attached hydrogens (tertiary/aromatic N) is 1. The maximum Gasteiger partial charge on any atom is 0.150 e. The first kappa shape index (κ1) is 16.5. The van der Waals surface area contributed by atoms with Crippen molar-refractivity contribution in [3.05, 3.63) is 39.7 Å². The Hall–Kier alpha value is -1.35. The van der Waals surface area contributed by atoms with Crippen LogP contribution in [0, 0.1) is 0 Å². The molecule has 0 fully saturated rings. The number of aromatic nitrogens is 3. The lowest BCUT2D eigenvalue weighted by Crippen LogP contribution is -2.13. The molecule has 1 unspecified atom stereocenters. The first-order chi connectivity index (χ1) is 10.8. The van der Waals surface area contributed by atoms with Gasteiger partial charge in [-0.15, -0.1) is 0 Å². The van der Waals surface area contributed by atoms with Crippen LogP contribution >= 0.6 is 27.5 Å². The smallest absolute Gasteiger partial charge is 0.150 e. The fraction of sp³-hybridized carbons (Fsp3) is 0.214. The van der Waals surface area contributed by atoms with Crippen molar-refractivity contribution in [2.75, 3.05) is 12.0 Å². The van der Waals surface area contributed by atoms with Gasteiger partial charge in [-0.1, -0.05) is 11.6 Å². The van der Waals surface area contributed by atoms with E-state index < -0.39 is 15.9 Å². The Bertz CT molecular complexity index is 967. The number of halogens is 2. The minimum absolute atomic E-state index is 0.384. The standard InChI is InChI=1S/C14H13BrClN3O3S/c1-23(21,22)6-11(20)13-12(14-17-2-3-18-14)7-4-9(16)8(15)5-10(7)19-13/h2-5,11,19-20H,6H2,1H3,(H,17,18). The van der Waals surface area contributed by atoms with Crippen molar-refractivity contribution in [1.82, 2.24) is 15.0 Å². The molecule has 0 aliphatic heterocycles. The molecule has 1 atom stereocenters. The first-order valence-corrected chi connectivity index (χ1v) is 9.85. The van der Waals surface area contributed by atoms with Gasteiger partial charge in [-0.05, 0) is 28.1 Å². The Kier molecular flexibility index (Phi) is 4.26. The van der Waals surface area contributed by atoms with Crippen LogP contribution in [-0.4, -0.2) is 40.5 Å². The molecule has 0 bridgehead atoms. The first-order valence-electron chi connectivity index (χ1n) is 6.62. The maximum absolute atomic E-state index is 11.5. The average molecular weight is 419 g/mol. The third-order valence-corrected chi connectivity index (χ3v) is 5.52. The number of rotatable bonds is 4. The van der Waals surface area contributed by atoms with E-state index in [1.54, 1.807) is 24.5 Å². The SMILES string of the molecule is CS(=O)(=O)CC(O)c1[nH]c2cc(Br)c(Cl)cc2c1-c1ncc[nH]1. The van der Waals surface area contributed by atoms with Gasteiger partial charge < -0.3 is 15.1 Å². The summed E-state index contributed by atoms with van der Waals surface area (Å²) < 4.78 is 23.7. The highest BCUT2D eigenvalue weighted by atomic mass is 79.9. The van der Waals surface area contributed by atoms with Gasteiger partial charge in [0.25, 0.3) is 0 Å². The van der Waals surface area contributed by atoms with Crippen LogP contribution in [0.15, 0.2) is 29.0 Å². The summed E-state index contributed by atoms with van der Waals surface area (Å²) in [6.07, 6.45) is 3.12. The lowest BCUT2D eigenvalue weighted by molar-refractivity contribution is 0.198. The van der Waals surface area contributed by atoms with Crippen LogP contribution in [0.1, 0.15) is 11.8 Å². The summed E-state index contributed by atoms with van der Waals surface area (Å²) in [5, 5.41) is 11.6. The number of hydrogen-bond acceptors (Lipinski definition) is 4. The Balaban J connectivity index is 2.26. The molecule has 3 N–H and O–H groups in total. The predicted molar refractivity (Wildman–Crippen MR) is 93.3 cm³/mol. The van der Waals surface area contributed by atoms with Crippen molar-refractivity contribution in [3.63, 3.8) is 0 Å². The van der Waals surface area contributed by atoms with Crippen molar-refractivity contribution in [2.24, 2.45) is 0 Å². The van der Waals surface area contributed by atoms with Crippen LogP contribution in [0.5, 0.6) is 0 Å². The van der Waals surface area contributed by atoms with Crippen LogP contribution in [0.25, 0.3) is 22.3 Å². The van der Waals surface area contributed by atoms with Crippen molar-refractivity contribution in [2.45, 2.75) is 6.10 Å². The second-order valence-corrected chi connectivity index (χ2v) is 8.72. The molecule has 1 aromatic carbocycles. The number of nitrogens with one attached hydrogen (secondary N) is 2. The number of benzene rings is 1. The zero-order valence-electron chi connectivity index (χ0n) is 12.0. The molecule has 2 aromatic heterocycles. The average Bonchev–Trinajstić information content (AvgIpc) is 3.04. The predicted octanol–water partition coefficient (Wildman–Crippen LogP) is 3.05. The Morgan fingerprint density at radius 1 is 1.43 bits per heavy atom. The van der Waals surface area contributed by atoms with Gasteiger partial charge in [-0.2, -0.15) is 0 Å². The molecule has 3 rings (SSSR count). The van der Waals surface area contributed by atoms with E-state index in [-0.39, 0.29) is 5.75 Å². The van der Waals surface area contributed by atoms with Gasteiger partial charge in [0, 0.05) is 39.6 Å². The van der Waals surface area contributed by atoms with Crippen LogP contribution < -0.4 is 0 Å². The monoisotopic (exact) mass is 417 g/mol. The molecule has 9 heteroatoms. The van der Waals surface area contributed by atoms with Crippen molar-refractivity contribution >= 4 is 48.3 Å². The summed E-state index contributed by atoms with van der Waals surface area (Å²) in [7, 11) is -3.35. The maximum atomic E-state index is 11.5. The minimum Gasteiger partial charge on any atom is -0.386 e. The third-order valence-electron chi connectivity index (χ3n) is 3.40. The van der Waals surface area contributed by atoms with Crippen LogP contribution in [0.2, 0.25) is 5.02 Å². The number of imidazole rings is 1. The van der Waals surface area contributed by atoms with Crippen LogP contribution in [-0.2, 0) is 9.84 Å². The quantitative estimate of drug-likeness (QED) is 0.606. The molecule has 0 spiro atoms. The molecule has 23 heavy (non-hydrogen) atoms. The summed E-state index contributed by atoms with van der Waals surface area (Å²) in [6.45, 7) is 0. The zero-order chi connectivity index (χ0) is 16.8. The highest BCUT2D eigenvalue weighted by Crippen LogP contribution is 2.38. The van der Waals surface area contributed by atoms with E-state index in [2.05, 4.69) is 30.9 Å². The van der Waals surface area contributed by atoms with Crippen molar-refractivity contribution in [1.29, 1.82) is 0 Å². The summed E-state index contributed by atoms with van der Waals surface area (Å²) in [6, 6.07) is 3.52. The highest BCUT2D eigenvalue weighted by molar-refractivity contribution is 9.10. The highest BCUT2D eigenvalue weighted by Gasteiger charge is 2.24. The third kappa shape index (κ3) is 3.30. The van der Waals surface area contributed by atoms with Gasteiger partial charge in [0.2, 0.25) is 0 Å². The Morgan fingerprint density at radius 3 is 2.78 bits per heavy atom. The number of H-pyrrole nitrogens is 2. The molecular formula is C14H13BrClN3O3S. The second-order valence-electron chi connectivity index (χ2n) is 5.27. The van der Waals surface area contributed by atoms with Crippen molar-refractivity contribution in [3.8, 4) is 11.4 Å². The van der Waals surface area contributed by atoms with Gasteiger partial charge in [-0.25, -0.2) is 13.4 Å². The van der Waals surface area contributed by atoms with E-state index in [1.807, 2.05) is 0 Å². The molecule has 2 heterocycles. The molecule has 0 aliphatic carbocycles. The topological polar surface area (TPSA) is 98.8 Å². The molecule has 0 saturated heterocycles. The number of fused-ring (bicyclic) bond motifs is 1. The molecule has 0 aliphatic rings. The molecule has 0 amide bonds. The number of sulfone groups is 1. The summed E-state index contributed by atoms with van der Waals surface area (Å²) in [5.41, 5.74) is 1.71. The molecular weight excluding hydrogens is 406 g/mol. The Morgan fingerprint density at radius 2 is 2.17 bits per heavy atom. The largest absolute Gasteiger partial charge is 0.386 e. The van der Waals surface area contributed by atoms with Crippen molar-refractivity contribution < 1.29 is 13.5 Å². The molecule has 122 valence electrons. The van der Waals surface area contributed by atoms with Gasteiger partial charge in [0.05, 0.1) is 16.5 Å². The van der Waals surface area contributed by atoms with E-state index in [1.165, 1.54) is 0 Å². The van der Waals surface area contributed by atoms with E-state index in [0.717, 1.165) is 17.2 Å². The van der Waals surface area contributed by atoms with Gasteiger partial charge >= 0.3 is 0 Å². The summed E-state index contributed by atoms with van der Waals surface area (Å²) in [4.78, 5) is 10.3. The molecule has 6 nitrogen and oxygen atoms in total. The summed E-state index contributed by atoms with van der Waals surface area (Å²) >= 11 is 9.52. The molecule has 0 saturated carbocycles. The minimum atomic E-state index is -3.35. The number of hydrogen-bond donors (Lipinski definition) is 3. The van der Waals surface area contributed by atoms with Gasteiger partial charge in [-0.3, -0.25) is 0 Å². The van der Waals surface area contributed by atoms with Gasteiger partial charge in [0.15, 0.2) is 0 Å². The fourth-order valence-corrected chi connectivity index (χ4v) is 3.73. The van der Waals surface area contributed by atoms with Crippen LogP contribution in [0.3, 0.4) is 0 Å². The second kappa shape index (κ2) is 5.94. The van der Waals surface area contributed by atoms with E-state index in [0.29, 0.717) is 26.6 Å². The number of aliphatic hydroxyl groups is 1. The molecule has 3 aromatic rings. The normalized spacial score (nSPS) is 13.6. The van der Waals surface area contributed by atoms with E-state index in [4.69, 9.17) is 11.6 Å². The number of aromatic amines is 2. The molecule has 0 radical (unpaired) electrons. The fourth-order valence-electron chi connectivity index (χ4n) is 2.49. The lowest BCUT2D eigenvalue weighted by Gasteiger charge is -2.10.